The fraction of sp³-hybridized carbons (Fsp3) is 0.250. The molecule has 0 aliphatic carbocycles. The quantitative estimate of drug-likeness (QED) is 0.226. The average molecular weight is 169 g/mol. The van der Waals surface area contributed by atoms with Gasteiger partial charge < -0.3 is 5.11 Å². The van der Waals surface area contributed by atoms with Crippen LogP contribution in [0.1, 0.15) is 0 Å². The molecule has 0 unspecified atom stereocenters. The van der Waals surface area contributed by atoms with Crippen molar-refractivity contribution in [2.45, 2.75) is 0 Å². The van der Waals surface area contributed by atoms with Gasteiger partial charge in [-0.3, -0.25) is 0 Å². The summed E-state index contributed by atoms with van der Waals surface area (Å²) in [5.41, 5.74) is 0. The molecule has 0 saturated carbocycles. The van der Waals surface area contributed by atoms with Crippen molar-refractivity contribution in [2.24, 2.45) is 0 Å². The zero-order chi connectivity index (χ0) is 7.49. The van der Waals surface area contributed by atoms with E-state index in [1.54, 1.807) is 0 Å². The van der Waals surface area contributed by atoms with Gasteiger partial charge in [0, 0.05) is 6.26 Å². The molecule has 50 valence electrons. The van der Waals surface area contributed by atoms with Crippen molar-refractivity contribution >= 4 is 9.84 Å². The molecule has 6 heteroatoms. The first-order chi connectivity index (χ1) is 4.02. The average Bonchev–Trinajstić information content (AvgIpc) is 1.65. The largest absolute Gasteiger partial charge is 1.00 e. The predicted molar refractivity (Wildman–Crippen MR) is 28.5 cm³/mol. The number of hydrogen-bond donors (Lipinski definition) is 0. The fourth-order valence-electron chi connectivity index (χ4n) is 0.197. The van der Waals surface area contributed by atoms with Crippen molar-refractivity contribution in [3.05, 3.63) is 11.2 Å². The van der Waals surface area contributed by atoms with E-state index in [-0.39, 0.29) is 35.8 Å². The van der Waals surface area contributed by atoms with E-state index in [2.05, 4.69) is 0 Å². The molecule has 0 heterocycles. The minimum Gasteiger partial charge on any atom is -0.877 e. The summed E-state index contributed by atoms with van der Waals surface area (Å²) in [6, 6.07) is 1.25. The Morgan fingerprint density at radius 2 is 2.10 bits per heavy atom. The second-order valence-electron chi connectivity index (χ2n) is 1.37. The van der Waals surface area contributed by atoms with Crippen LogP contribution in [-0.2, 0) is 9.84 Å². The van der Waals surface area contributed by atoms with E-state index in [9.17, 15) is 13.5 Å². The zero-order valence-electron chi connectivity index (χ0n) is 5.66. The van der Waals surface area contributed by atoms with Gasteiger partial charge in [0.15, 0.2) is 9.84 Å². The second kappa shape index (κ2) is 4.74. The minimum atomic E-state index is -3.58. The third kappa shape index (κ3) is 3.90. The zero-order valence-corrected chi connectivity index (χ0v) is 8.47. The Hall–Kier alpha value is -0.0200. The Balaban J connectivity index is 0. The van der Waals surface area contributed by atoms with E-state index in [4.69, 9.17) is 5.26 Å². The third-order valence-electron chi connectivity index (χ3n) is 0.617. The van der Waals surface area contributed by atoms with Crippen LogP contribution in [0.4, 0.5) is 0 Å². The van der Waals surface area contributed by atoms with Crippen molar-refractivity contribution < 1.29 is 43.1 Å². The van der Waals surface area contributed by atoms with Gasteiger partial charge in [0.05, 0.1) is 0 Å². The Morgan fingerprint density at radius 3 is 2.10 bits per heavy atom. The molecule has 0 aromatic carbocycles. The van der Waals surface area contributed by atoms with Gasteiger partial charge in [0.1, 0.15) is 11.0 Å². The molecule has 0 aromatic heterocycles. The van der Waals surface area contributed by atoms with Crippen molar-refractivity contribution in [1.82, 2.24) is 0 Å². The van der Waals surface area contributed by atoms with Gasteiger partial charge >= 0.3 is 29.6 Å². The first kappa shape index (κ1) is 12.6. The van der Waals surface area contributed by atoms with E-state index in [1.807, 2.05) is 0 Å². The van der Waals surface area contributed by atoms with Crippen LogP contribution in [0.5, 0.6) is 0 Å². The Bertz CT molecular complexity index is 261. The molecule has 0 atom stereocenters. The molecule has 0 N–H and O–H groups in total. The summed E-state index contributed by atoms with van der Waals surface area (Å²) in [5, 5.41) is 17.7. The number of hydrogen-bond acceptors (Lipinski definition) is 4. The number of rotatable bonds is 1. The van der Waals surface area contributed by atoms with Crippen molar-refractivity contribution in [2.75, 3.05) is 6.26 Å². The molecule has 0 aromatic rings. The predicted octanol–water partition coefficient (Wildman–Crippen LogP) is -4.24. The Kier molecular flexibility index (Phi) is 5.99. The Labute approximate surface area is 81.4 Å². The first-order valence-corrected chi connectivity index (χ1v) is 3.84. The van der Waals surface area contributed by atoms with Crippen LogP contribution in [-0.4, -0.2) is 14.7 Å². The molecule has 0 saturated heterocycles. The molecule has 0 bridgehead atoms. The number of allylic oxidation sites excluding steroid dienone is 1. The first-order valence-electron chi connectivity index (χ1n) is 1.94. The van der Waals surface area contributed by atoms with Crippen molar-refractivity contribution in [3.63, 3.8) is 0 Å². The van der Waals surface area contributed by atoms with E-state index in [0.29, 0.717) is 0 Å². The van der Waals surface area contributed by atoms with Crippen LogP contribution in [0.2, 0.25) is 0 Å². The van der Waals surface area contributed by atoms with Gasteiger partial charge in [-0.1, -0.05) is 0 Å². The van der Waals surface area contributed by atoms with Gasteiger partial charge in [0.25, 0.3) is 0 Å². The SMILES string of the molecule is CS(=O)(=O)C(C#N)=C[O-].[Na+]. The van der Waals surface area contributed by atoms with Crippen LogP contribution in [0.3, 0.4) is 0 Å². The standard InChI is InChI=1S/C4H5NO3S.Na/c1-9(7,8)4(2-5)3-6;/h3,6H,1H3;/q;+1/p-1. The van der Waals surface area contributed by atoms with E-state index in [1.165, 1.54) is 6.07 Å². The summed E-state index contributed by atoms with van der Waals surface area (Å²) in [6.07, 6.45) is 0.829. The summed E-state index contributed by atoms with van der Waals surface area (Å²) < 4.78 is 20.6. The molecule has 0 aliphatic rings. The monoisotopic (exact) mass is 169 g/mol. The summed E-state index contributed by atoms with van der Waals surface area (Å²) in [6.45, 7) is 0. The molecular weight excluding hydrogens is 165 g/mol. The van der Waals surface area contributed by atoms with Crippen LogP contribution >= 0.6 is 0 Å². The van der Waals surface area contributed by atoms with Gasteiger partial charge in [-0.2, -0.15) is 5.26 Å². The molecule has 0 fully saturated rings. The van der Waals surface area contributed by atoms with E-state index < -0.39 is 14.7 Å². The van der Waals surface area contributed by atoms with Gasteiger partial charge in [-0.15, -0.1) is 6.26 Å². The fourth-order valence-corrected chi connectivity index (χ4v) is 0.537. The number of nitriles is 1. The number of sulfone groups is 1. The van der Waals surface area contributed by atoms with Crippen molar-refractivity contribution in [3.8, 4) is 6.07 Å². The summed E-state index contributed by atoms with van der Waals surface area (Å²) in [7, 11) is -3.58. The normalized spacial score (nSPS) is 11.4. The van der Waals surface area contributed by atoms with Gasteiger partial charge in [-0.25, -0.2) is 8.42 Å². The Morgan fingerprint density at radius 1 is 1.70 bits per heavy atom. The molecular formula is C4H4NNaO3S. The van der Waals surface area contributed by atoms with Crippen LogP contribution < -0.4 is 34.7 Å². The summed E-state index contributed by atoms with van der Waals surface area (Å²) in [5.74, 6) is 0. The smallest absolute Gasteiger partial charge is 0.877 e. The third-order valence-corrected chi connectivity index (χ3v) is 1.60. The van der Waals surface area contributed by atoms with Gasteiger partial charge in [-0.05, 0) is 0 Å². The second-order valence-corrected chi connectivity index (χ2v) is 3.35. The molecule has 10 heavy (non-hydrogen) atoms. The van der Waals surface area contributed by atoms with E-state index in [0.717, 1.165) is 6.26 Å². The molecule has 0 radical (unpaired) electrons. The molecule has 0 aliphatic heterocycles. The molecule has 0 rings (SSSR count). The maximum atomic E-state index is 10.3. The van der Waals surface area contributed by atoms with Crippen molar-refractivity contribution in [1.29, 1.82) is 5.26 Å². The molecule has 0 amide bonds. The number of nitrogens with zero attached hydrogens (tertiary/aromatic N) is 1. The summed E-state index contributed by atoms with van der Waals surface area (Å²) >= 11 is 0. The van der Waals surface area contributed by atoms with E-state index >= 15 is 0 Å². The molecule has 0 spiro atoms. The van der Waals surface area contributed by atoms with Crippen LogP contribution in [0.15, 0.2) is 11.2 Å². The summed E-state index contributed by atoms with van der Waals surface area (Å²) in [4.78, 5) is -0.734. The molecule has 4 nitrogen and oxygen atoms in total. The maximum Gasteiger partial charge on any atom is 1.00 e. The van der Waals surface area contributed by atoms with Gasteiger partial charge in [0.2, 0.25) is 0 Å². The topological polar surface area (TPSA) is 81.0 Å². The van der Waals surface area contributed by atoms with Crippen LogP contribution in [0, 0.1) is 11.3 Å². The maximum absolute atomic E-state index is 10.3. The van der Waals surface area contributed by atoms with Crippen LogP contribution in [0.25, 0.3) is 0 Å². The minimum absolute atomic E-state index is 0.